The van der Waals surface area contributed by atoms with Gasteiger partial charge >= 0.3 is 0 Å². The SMILES string of the molecule is CC[Si](CC)(CC)Oc1ccc(OC)cc1C=Cc1cc(O)cc(O)c1. The molecule has 0 fully saturated rings. The lowest BCUT2D eigenvalue weighted by Crippen LogP contribution is -2.39. The summed E-state index contributed by atoms with van der Waals surface area (Å²) in [5.41, 5.74) is 1.63. The molecule has 0 heterocycles. The second-order valence-electron chi connectivity index (χ2n) is 6.37. The molecular weight excluding hydrogens is 344 g/mol. The molecule has 26 heavy (non-hydrogen) atoms. The van der Waals surface area contributed by atoms with Crippen molar-refractivity contribution in [3.8, 4) is 23.0 Å². The van der Waals surface area contributed by atoms with Crippen molar-refractivity contribution in [3.63, 3.8) is 0 Å². The minimum atomic E-state index is -1.80. The van der Waals surface area contributed by atoms with E-state index >= 15 is 0 Å². The first-order valence-corrected chi connectivity index (χ1v) is 11.6. The summed E-state index contributed by atoms with van der Waals surface area (Å²) in [6.07, 6.45) is 3.76. The van der Waals surface area contributed by atoms with Crippen LogP contribution < -0.4 is 9.16 Å². The molecule has 0 radical (unpaired) electrons. The predicted octanol–water partition coefficient (Wildman–Crippen LogP) is 5.66. The molecule has 0 saturated heterocycles. The fourth-order valence-electron chi connectivity index (χ4n) is 2.98. The average molecular weight is 373 g/mol. The number of hydrogen-bond donors (Lipinski definition) is 2. The molecule has 0 aromatic heterocycles. The van der Waals surface area contributed by atoms with Gasteiger partial charge in [0.15, 0.2) is 0 Å². The molecule has 0 unspecified atom stereocenters. The summed E-state index contributed by atoms with van der Waals surface area (Å²) < 4.78 is 11.9. The van der Waals surface area contributed by atoms with E-state index in [9.17, 15) is 10.2 Å². The maximum Gasteiger partial charge on any atom is 0.250 e. The number of ether oxygens (including phenoxy) is 1. The summed E-state index contributed by atoms with van der Waals surface area (Å²) in [5, 5.41) is 19.3. The van der Waals surface area contributed by atoms with Crippen LogP contribution in [-0.2, 0) is 0 Å². The molecule has 2 N–H and O–H groups in total. The number of hydrogen-bond acceptors (Lipinski definition) is 4. The van der Waals surface area contributed by atoms with Gasteiger partial charge in [0.1, 0.15) is 23.0 Å². The summed E-state index contributed by atoms with van der Waals surface area (Å²) in [6.45, 7) is 6.61. The highest BCUT2D eigenvalue weighted by atomic mass is 28.4. The molecule has 2 rings (SSSR count). The fourth-order valence-corrected chi connectivity index (χ4v) is 5.56. The van der Waals surface area contributed by atoms with Gasteiger partial charge in [-0.1, -0.05) is 32.9 Å². The first kappa shape index (κ1) is 19.9. The van der Waals surface area contributed by atoms with Crippen molar-refractivity contribution < 1.29 is 19.4 Å². The Kier molecular flexibility index (Phi) is 6.74. The van der Waals surface area contributed by atoms with Crippen LogP contribution in [0.15, 0.2) is 36.4 Å². The molecule has 2 aromatic carbocycles. The lowest BCUT2D eigenvalue weighted by atomic mass is 10.1. The minimum absolute atomic E-state index is 0.0288. The summed E-state index contributed by atoms with van der Waals surface area (Å²) in [5.74, 6) is 1.67. The maximum absolute atomic E-state index is 9.64. The number of benzene rings is 2. The van der Waals surface area contributed by atoms with Gasteiger partial charge in [0.25, 0.3) is 8.32 Å². The molecule has 0 bridgehead atoms. The zero-order valence-electron chi connectivity index (χ0n) is 16.0. The van der Waals surface area contributed by atoms with Gasteiger partial charge in [-0.3, -0.25) is 0 Å². The summed E-state index contributed by atoms with van der Waals surface area (Å²) in [7, 11) is -0.159. The molecule has 5 heteroatoms. The second-order valence-corrected chi connectivity index (χ2v) is 11.1. The Labute approximate surface area is 156 Å². The molecule has 0 spiro atoms. The van der Waals surface area contributed by atoms with Gasteiger partial charge in [-0.25, -0.2) is 0 Å². The first-order valence-electron chi connectivity index (χ1n) is 9.03. The number of phenolic OH excluding ortho intramolecular Hbond substituents is 2. The van der Waals surface area contributed by atoms with Crippen LogP contribution in [0.1, 0.15) is 31.9 Å². The van der Waals surface area contributed by atoms with E-state index in [0.717, 1.165) is 35.2 Å². The Morgan fingerprint density at radius 3 is 2.04 bits per heavy atom. The van der Waals surface area contributed by atoms with Crippen LogP contribution in [-0.4, -0.2) is 25.6 Å². The van der Waals surface area contributed by atoms with Crippen LogP contribution in [0.4, 0.5) is 0 Å². The van der Waals surface area contributed by atoms with Gasteiger partial charge in [0.05, 0.1) is 7.11 Å². The van der Waals surface area contributed by atoms with Crippen LogP contribution in [0.5, 0.6) is 23.0 Å². The molecule has 0 aliphatic heterocycles. The summed E-state index contributed by atoms with van der Waals surface area (Å²) >= 11 is 0. The topological polar surface area (TPSA) is 58.9 Å². The highest BCUT2D eigenvalue weighted by Gasteiger charge is 2.31. The second kappa shape index (κ2) is 8.81. The van der Waals surface area contributed by atoms with E-state index in [4.69, 9.17) is 9.16 Å². The van der Waals surface area contributed by atoms with E-state index in [1.165, 1.54) is 6.07 Å². The summed E-state index contributed by atoms with van der Waals surface area (Å²) in [6, 6.07) is 13.5. The lowest BCUT2D eigenvalue weighted by Gasteiger charge is -2.30. The van der Waals surface area contributed by atoms with Crippen molar-refractivity contribution in [3.05, 3.63) is 47.5 Å². The molecule has 0 saturated carbocycles. The third kappa shape index (κ3) is 4.82. The Balaban J connectivity index is 2.40. The van der Waals surface area contributed by atoms with Gasteiger partial charge in [-0.15, -0.1) is 0 Å². The highest BCUT2D eigenvalue weighted by Crippen LogP contribution is 2.32. The molecule has 0 amide bonds. The molecule has 2 aromatic rings. The Morgan fingerprint density at radius 2 is 1.50 bits per heavy atom. The first-order chi connectivity index (χ1) is 12.4. The lowest BCUT2D eigenvalue weighted by molar-refractivity contribution is 0.413. The van der Waals surface area contributed by atoms with Crippen LogP contribution >= 0.6 is 0 Å². The van der Waals surface area contributed by atoms with Gasteiger partial charge in [-0.05, 0) is 54.0 Å². The van der Waals surface area contributed by atoms with Crippen molar-refractivity contribution in [1.82, 2.24) is 0 Å². The van der Waals surface area contributed by atoms with E-state index in [1.54, 1.807) is 19.2 Å². The molecular formula is C21H28O4Si. The smallest absolute Gasteiger partial charge is 0.250 e. The van der Waals surface area contributed by atoms with E-state index in [0.29, 0.717) is 5.56 Å². The third-order valence-corrected chi connectivity index (χ3v) is 9.38. The van der Waals surface area contributed by atoms with Crippen LogP contribution in [0, 0.1) is 0 Å². The normalized spacial score (nSPS) is 11.7. The third-order valence-electron chi connectivity index (χ3n) is 4.86. The zero-order valence-corrected chi connectivity index (χ0v) is 17.0. The minimum Gasteiger partial charge on any atom is -0.543 e. The zero-order chi connectivity index (χ0) is 19.2. The van der Waals surface area contributed by atoms with Crippen LogP contribution in [0.25, 0.3) is 12.2 Å². The standard InChI is InChI=1S/C21H28O4Si/c1-5-26(6-2,7-3)25-21-11-10-20(24-4)14-17(21)9-8-16-12-18(22)15-19(23)13-16/h8-15,22-23H,5-7H2,1-4H3. The number of aromatic hydroxyl groups is 2. The quantitative estimate of drug-likeness (QED) is 0.463. The largest absolute Gasteiger partial charge is 0.543 e. The van der Waals surface area contributed by atoms with Gasteiger partial charge < -0.3 is 19.4 Å². The molecule has 0 atom stereocenters. The van der Waals surface area contributed by atoms with Gasteiger partial charge in [0, 0.05) is 11.6 Å². The maximum atomic E-state index is 9.64. The Hall–Kier alpha value is -2.40. The van der Waals surface area contributed by atoms with E-state index in [1.807, 2.05) is 30.4 Å². The van der Waals surface area contributed by atoms with Crippen molar-refractivity contribution in [1.29, 1.82) is 0 Å². The van der Waals surface area contributed by atoms with Gasteiger partial charge in [-0.2, -0.15) is 0 Å². The van der Waals surface area contributed by atoms with Crippen molar-refractivity contribution in [2.75, 3.05) is 7.11 Å². The predicted molar refractivity (Wildman–Crippen MR) is 110 cm³/mol. The Bertz CT molecular complexity index is 738. The monoisotopic (exact) mass is 372 g/mol. The van der Waals surface area contributed by atoms with E-state index in [-0.39, 0.29) is 11.5 Å². The number of phenols is 2. The van der Waals surface area contributed by atoms with Crippen LogP contribution in [0.3, 0.4) is 0 Å². The van der Waals surface area contributed by atoms with E-state index in [2.05, 4.69) is 20.8 Å². The molecule has 4 nitrogen and oxygen atoms in total. The fraction of sp³-hybridized carbons (Fsp3) is 0.333. The Morgan fingerprint density at radius 1 is 0.885 bits per heavy atom. The van der Waals surface area contributed by atoms with Crippen molar-refractivity contribution in [2.45, 2.75) is 38.9 Å². The molecule has 0 aliphatic rings. The van der Waals surface area contributed by atoms with Crippen molar-refractivity contribution in [2.24, 2.45) is 0 Å². The summed E-state index contributed by atoms with van der Waals surface area (Å²) in [4.78, 5) is 0. The van der Waals surface area contributed by atoms with Crippen molar-refractivity contribution >= 4 is 20.5 Å². The average Bonchev–Trinajstić information content (AvgIpc) is 2.64. The van der Waals surface area contributed by atoms with Gasteiger partial charge in [0.2, 0.25) is 0 Å². The molecule has 140 valence electrons. The van der Waals surface area contributed by atoms with Crippen LogP contribution in [0.2, 0.25) is 18.1 Å². The number of rotatable bonds is 8. The van der Waals surface area contributed by atoms with E-state index < -0.39 is 8.32 Å². The number of methoxy groups -OCH3 is 1. The highest BCUT2D eigenvalue weighted by molar-refractivity contribution is 6.74. The molecule has 0 aliphatic carbocycles.